The molecule has 1 aliphatic heterocycles. The fourth-order valence-corrected chi connectivity index (χ4v) is 5.35. The molecule has 7 nitrogen and oxygen atoms in total. The van der Waals surface area contributed by atoms with E-state index in [4.69, 9.17) is 4.74 Å². The first-order valence-corrected chi connectivity index (χ1v) is 12.4. The van der Waals surface area contributed by atoms with Gasteiger partial charge in [0.1, 0.15) is 17.0 Å². The predicted octanol–water partition coefficient (Wildman–Crippen LogP) is 4.65. The summed E-state index contributed by atoms with van der Waals surface area (Å²) in [5.74, 6) is 0.727. The van der Waals surface area contributed by atoms with E-state index >= 15 is 0 Å². The SMILES string of the molecule is COc1ccccc1[C@H](c1cccc2ccccc12)[C@@](C)(C#N)C(=O)N1CCN(c2cnccn2)CC1. The van der Waals surface area contributed by atoms with E-state index in [0.717, 1.165) is 27.7 Å². The first-order chi connectivity index (χ1) is 18.1. The Morgan fingerprint density at radius 3 is 2.41 bits per heavy atom. The Kier molecular flexibility index (Phi) is 6.74. The smallest absolute Gasteiger partial charge is 0.243 e. The molecule has 0 saturated carbocycles. The minimum Gasteiger partial charge on any atom is -0.496 e. The molecule has 2 atom stereocenters. The average molecular weight is 492 g/mol. The summed E-state index contributed by atoms with van der Waals surface area (Å²) >= 11 is 0. The second-order valence-corrected chi connectivity index (χ2v) is 9.40. The molecular formula is C30H29N5O2. The van der Waals surface area contributed by atoms with E-state index in [0.29, 0.717) is 31.9 Å². The second kappa shape index (κ2) is 10.3. The third kappa shape index (κ3) is 4.47. The summed E-state index contributed by atoms with van der Waals surface area (Å²) in [7, 11) is 1.62. The van der Waals surface area contributed by atoms with Crippen LogP contribution >= 0.6 is 0 Å². The number of nitrogens with zero attached hydrogens (tertiary/aromatic N) is 5. The van der Waals surface area contributed by atoms with Crippen molar-refractivity contribution in [1.29, 1.82) is 5.26 Å². The van der Waals surface area contributed by atoms with Crippen LogP contribution in [-0.4, -0.2) is 54.1 Å². The zero-order valence-corrected chi connectivity index (χ0v) is 21.0. The van der Waals surface area contributed by atoms with Gasteiger partial charge in [0.2, 0.25) is 5.91 Å². The third-order valence-corrected chi connectivity index (χ3v) is 7.28. The largest absolute Gasteiger partial charge is 0.496 e. The van der Waals surface area contributed by atoms with E-state index < -0.39 is 11.3 Å². The maximum Gasteiger partial charge on any atom is 0.243 e. The quantitative estimate of drug-likeness (QED) is 0.391. The summed E-state index contributed by atoms with van der Waals surface area (Å²) < 4.78 is 5.73. The van der Waals surface area contributed by atoms with Gasteiger partial charge in [-0.25, -0.2) is 4.98 Å². The molecular weight excluding hydrogens is 462 g/mol. The molecule has 1 amide bonds. The number of nitriles is 1. The van der Waals surface area contributed by atoms with Crippen molar-refractivity contribution in [3.63, 3.8) is 0 Å². The van der Waals surface area contributed by atoms with Gasteiger partial charge in [-0.1, -0.05) is 60.7 Å². The van der Waals surface area contributed by atoms with Crippen LogP contribution in [0.1, 0.15) is 24.0 Å². The Morgan fingerprint density at radius 1 is 0.973 bits per heavy atom. The van der Waals surface area contributed by atoms with Gasteiger partial charge in [0.25, 0.3) is 0 Å². The molecule has 0 aliphatic carbocycles. The number of hydrogen-bond donors (Lipinski definition) is 0. The van der Waals surface area contributed by atoms with Crippen molar-refractivity contribution in [2.24, 2.45) is 5.41 Å². The number of rotatable bonds is 6. The minimum atomic E-state index is -1.37. The van der Waals surface area contributed by atoms with Gasteiger partial charge in [-0.05, 0) is 29.3 Å². The molecule has 7 heteroatoms. The fraction of sp³-hybridized carbons (Fsp3) is 0.267. The number of benzene rings is 3. The number of hydrogen-bond acceptors (Lipinski definition) is 6. The highest BCUT2D eigenvalue weighted by Crippen LogP contribution is 2.47. The van der Waals surface area contributed by atoms with Gasteiger partial charge >= 0.3 is 0 Å². The van der Waals surface area contributed by atoms with Crippen LogP contribution in [0, 0.1) is 16.7 Å². The van der Waals surface area contributed by atoms with Crippen molar-refractivity contribution in [3.8, 4) is 11.8 Å². The lowest BCUT2D eigenvalue weighted by molar-refractivity contribution is -0.139. The van der Waals surface area contributed by atoms with E-state index in [1.807, 2.05) is 53.4 Å². The molecule has 1 aliphatic rings. The number of para-hydroxylation sites is 1. The first kappa shape index (κ1) is 24.3. The Hall–Kier alpha value is -4.44. The highest BCUT2D eigenvalue weighted by atomic mass is 16.5. The van der Waals surface area contributed by atoms with Crippen LogP contribution in [0.25, 0.3) is 10.8 Å². The number of amides is 1. The maximum absolute atomic E-state index is 14.2. The Balaban J connectivity index is 1.56. The number of anilines is 1. The van der Waals surface area contributed by atoms with E-state index in [9.17, 15) is 10.1 Å². The zero-order valence-electron chi connectivity index (χ0n) is 21.0. The summed E-state index contributed by atoms with van der Waals surface area (Å²) in [6.07, 6.45) is 5.05. The Morgan fingerprint density at radius 2 is 1.68 bits per heavy atom. The van der Waals surface area contributed by atoms with Crippen LogP contribution in [0.2, 0.25) is 0 Å². The van der Waals surface area contributed by atoms with Gasteiger partial charge in [-0.3, -0.25) is 9.78 Å². The van der Waals surface area contributed by atoms with Crippen LogP contribution in [0.5, 0.6) is 5.75 Å². The Labute approximate surface area is 216 Å². The Bertz CT molecular complexity index is 1440. The second-order valence-electron chi connectivity index (χ2n) is 9.40. The van der Waals surface area contributed by atoms with E-state index in [2.05, 4.69) is 39.1 Å². The van der Waals surface area contributed by atoms with Crippen LogP contribution in [0.15, 0.2) is 85.3 Å². The molecule has 0 unspecified atom stereocenters. The highest BCUT2D eigenvalue weighted by molar-refractivity contribution is 5.91. The van der Waals surface area contributed by atoms with E-state index in [-0.39, 0.29) is 5.91 Å². The van der Waals surface area contributed by atoms with Crippen molar-refractivity contribution in [2.75, 3.05) is 38.2 Å². The van der Waals surface area contributed by atoms with E-state index in [1.54, 1.807) is 32.6 Å². The lowest BCUT2D eigenvalue weighted by atomic mass is 9.68. The summed E-state index contributed by atoms with van der Waals surface area (Å²) in [6, 6.07) is 24.3. The van der Waals surface area contributed by atoms with E-state index in [1.165, 1.54) is 0 Å². The summed E-state index contributed by atoms with van der Waals surface area (Å²) in [4.78, 5) is 26.7. The first-order valence-electron chi connectivity index (χ1n) is 12.4. The number of carbonyl (C=O) groups excluding carboxylic acids is 1. The van der Waals surface area contributed by atoms with Gasteiger partial charge in [-0.2, -0.15) is 5.26 Å². The normalized spacial score (nSPS) is 16.0. The van der Waals surface area contributed by atoms with Crippen molar-refractivity contribution >= 4 is 22.5 Å². The molecule has 186 valence electrons. The van der Waals surface area contributed by atoms with Gasteiger partial charge in [0.05, 0.1) is 19.4 Å². The molecule has 1 aromatic heterocycles. The lowest BCUT2D eigenvalue weighted by Crippen LogP contribution is -2.54. The molecule has 1 fully saturated rings. The molecule has 0 bridgehead atoms. The van der Waals surface area contributed by atoms with Crippen molar-refractivity contribution in [2.45, 2.75) is 12.8 Å². The van der Waals surface area contributed by atoms with Gasteiger partial charge in [0.15, 0.2) is 0 Å². The molecule has 0 N–H and O–H groups in total. The molecule has 2 heterocycles. The molecule has 5 rings (SSSR count). The van der Waals surface area contributed by atoms with Gasteiger partial charge < -0.3 is 14.5 Å². The van der Waals surface area contributed by atoms with Crippen LogP contribution in [0.3, 0.4) is 0 Å². The van der Waals surface area contributed by atoms with Gasteiger partial charge in [0, 0.05) is 50.1 Å². The number of piperazine rings is 1. The monoisotopic (exact) mass is 491 g/mol. The van der Waals surface area contributed by atoms with Crippen molar-refractivity contribution in [1.82, 2.24) is 14.9 Å². The molecule has 3 aromatic carbocycles. The lowest BCUT2D eigenvalue weighted by Gasteiger charge is -2.40. The summed E-state index contributed by atoms with van der Waals surface area (Å²) in [6.45, 7) is 4.02. The predicted molar refractivity (Wildman–Crippen MR) is 143 cm³/mol. The average Bonchev–Trinajstić information content (AvgIpc) is 2.97. The fourth-order valence-electron chi connectivity index (χ4n) is 5.35. The van der Waals surface area contributed by atoms with Crippen molar-refractivity contribution < 1.29 is 9.53 Å². The van der Waals surface area contributed by atoms with Crippen LogP contribution in [0.4, 0.5) is 5.82 Å². The minimum absolute atomic E-state index is 0.183. The molecule has 4 aromatic rings. The van der Waals surface area contributed by atoms with Crippen LogP contribution in [-0.2, 0) is 4.79 Å². The number of aromatic nitrogens is 2. The third-order valence-electron chi connectivity index (χ3n) is 7.28. The summed E-state index contributed by atoms with van der Waals surface area (Å²) in [5.41, 5.74) is 0.378. The number of carbonyl (C=O) groups is 1. The molecule has 0 radical (unpaired) electrons. The topological polar surface area (TPSA) is 82.4 Å². The standard InChI is InChI=1S/C30H29N5O2/c1-30(21-31,29(36)35-18-16-34(17-19-35)27-20-32-14-15-33-27)28(25-11-5-6-13-26(25)37-2)24-12-7-9-22-8-3-4-10-23(22)24/h3-15,20,28H,16-19H2,1-2H3/t28-,30+/m0/s1. The van der Waals surface area contributed by atoms with Crippen molar-refractivity contribution in [3.05, 3.63) is 96.4 Å². The van der Waals surface area contributed by atoms with Crippen LogP contribution < -0.4 is 9.64 Å². The number of ether oxygens (including phenoxy) is 1. The number of methoxy groups -OCH3 is 1. The maximum atomic E-state index is 14.2. The highest BCUT2D eigenvalue weighted by Gasteiger charge is 2.47. The summed E-state index contributed by atoms with van der Waals surface area (Å²) in [5, 5.41) is 12.8. The number of fused-ring (bicyclic) bond motifs is 1. The zero-order chi connectivity index (χ0) is 25.8. The van der Waals surface area contributed by atoms with Gasteiger partial charge in [-0.15, -0.1) is 0 Å². The molecule has 1 saturated heterocycles. The molecule has 0 spiro atoms. The molecule has 37 heavy (non-hydrogen) atoms.